The number of aromatic nitrogens is 2. The molecule has 0 amide bonds. The van der Waals surface area contributed by atoms with Gasteiger partial charge >= 0.3 is 0 Å². The second-order valence-electron chi connectivity index (χ2n) is 3.39. The minimum absolute atomic E-state index is 0.0129. The maximum absolute atomic E-state index is 11.7. The van der Waals surface area contributed by atoms with Crippen LogP contribution < -0.4 is 10.5 Å². The molecule has 0 unspecified atom stereocenters. The number of fused-ring (bicyclic) bond motifs is 1. The van der Waals surface area contributed by atoms with Crippen LogP contribution in [0.1, 0.15) is 0 Å². The Hall–Kier alpha value is -0.670. The molecule has 18 heavy (non-hydrogen) atoms. The van der Waals surface area contributed by atoms with Gasteiger partial charge in [-0.3, -0.25) is 4.72 Å². The molecule has 98 valence electrons. The van der Waals surface area contributed by atoms with Crippen molar-refractivity contribution in [2.24, 2.45) is 5.73 Å². The molecule has 6 nitrogen and oxygen atoms in total. The molecular formula is C8H8Cl2N4O2S2. The van der Waals surface area contributed by atoms with Gasteiger partial charge in [0.2, 0.25) is 10.0 Å². The predicted molar refractivity (Wildman–Crippen MR) is 73.9 cm³/mol. The number of anilines is 1. The predicted octanol–water partition coefficient (Wildman–Crippen LogP) is 1.70. The molecule has 0 atom stereocenters. The van der Waals surface area contributed by atoms with Gasteiger partial charge in [-0.2, -0.15) is 8.75 Å². The standard InChI is InChI=1S/C8H8Cl2N4O2S2/c9-4-3-5(10)7(8-6(4)12-17-13-8)14-18(15,16)2-1-11/h3,14H,1-2,11H2. The molecule has 1 aromatic carbocycles. The van der Waals surface area contributed by atoms with E-state index in [9.17, 15) is 8.42 Å². The fourth-order valence-electron chi connectivity index (χ4n) is 1.33. The highest BCUT2D eigenvalue weighted by Gasteiger charge is 2.18. The lowest BCUT2D eigenvalue weighted by Crippen LogP contribution is -2.22. The van der Waals surface area contributed by atoms with Crippen molar-refractivity contribution in [1.82, 2.24) is 8.75 Å². The number of nitrogens with one attached hydrogen (secondary N) is 1. The number of nitrogens with zero attached hydrogens (tertiary/aromatic N) is 2. The Bertz CT molecular complexity index is 686. The molecule has 0 saturated carbocycles. The largest absolute Gasteiger partial charge is 0.329 e. The number of benzene rings is 1. The molecule has 10 heteroatoms. The second-order valence-corrected chi connectivity index (χ2v) is 6.57. The lowest BCUT2D eigenvalue weighted by molar-refractivity contribution is 0.601. The fraction of sp³-hybridized carbons (Fsp3) is 0.250. The summed E-state index contributed by atoms with van der Waals surface area (Å²) in [6.07, 6.45) is 0. The van der Waals surface area contributed by atoms with Crippen molar-refractivity contribution in [2.45, 2.75) is 0 Å². The van der Waals surface area contributed by atoms with Crippen molar-refractivity contribution in [3.63, 3.8) is 0 Å². The highest BCUT2D eigenvalue weighted by atomic mass is 35.5. The quantitative estimate of drug-likeness (QED) is 0.891. The summed E-state index contributed by atoms with van der Waals surface area (Å²) in [6, 6.07) is 1.42. The van der Waals surface area contributed by atoms with Gasteiger partial charge in [-0.05, 0) is 6.07 Å². The Morgan fingerprint density at radius 2 is 1.94 bits per heavy atom. The van der Waals surface area contributed by atoms with Crippen LogP contribution in [0.3, 0.4) is 0 Å². The van der Waals surface area contributed by atoms with E-state index in [1.165, 1.54) is 6.07 Å². The molecule has 0 saturated heterocycles. The topological polar surface area (TPSA) is 98.0 Å². The first-order valence-electron chi connectivity index (χ1n) is 4.75. The third kappa shape index (κ3) is 2.67. The van der Waals surface area contributed by atoms with Gasteiger partial charge in [-0.25, -0.2) is 8.42 Å². The van der Waals surface area contributed by atoms with Crippen molar-refractivity contribution in [3.05, 3.63) is 16.1 Å². The zero-order chi connectivity index (χ0) is 13.3. The van der Waals surface area contributed by atoms with Gasteiger partial charge in [0, 0.05) is 6.54 Å². The highest BCUT2D eigenvalue weighted by Crippen LogP contribution is 2.35. The van der Waals surface area contributed by atoms with Gasteiger partial charge in [0.15, 0.2) is 0 Å². The molecule has 2 rings (SSSR count). The van der Waals surface area contributed by atoms with Crippen molar-refractivity contribution in [3.8, 4) is 0 Å². The average Bonchev–Trinajstić information content (AvgIpc) is 2.73. The van der Waals surface area contributed by atoms with Gasteiger partial charge in [0.05, 0.1) is 33.2 Å². The molecule has 0 aliphatic rings. The van der Waals surface area contributed by atoms with Crippen LogP contribution in [0.25, 0.3) is 11.0 Å². The van der Waals surface area contributed by atoms with E-state index >= 15 is 0 Å². The van der Waals surface area contributed by atoms with E-state index in [0.717, 1.165) is 11.7 Å². The fourth-order valence-corrected chi connectivity index (χ4v) is 3.48. The summed E-state index contributed by atoms with van der Waals surface area (Å²) in [5.41, 5.74) is 6.15. The summed E-state index contributed by atoms with van der Waals surface area (Å²) < 4.78 is 33.7. The first-order valence-corrected chi connectivity index (χ1v) is 7.89. The number of halogens is 2. The summed E-state index contributed by atoms with van der Waals surface area (Å²) in [4.78, 5) is 0. The van der Waals surface area contributed by atoms with Crippen molar-refractivity contribution in [2.75, 3.05) is 17.0 Å². The molecule has 0 radical (unpaired) electrons. The van der Waals surface area contributed by atoms with Gasteiger partial charge in [0.1, 0.15) is 11.0 Å². The summed E-state index contributed by atoms with van der Waals surface area (Å²) in [7, 11) is -3.56. The van der Waals surface area contributed by atoms with E-state index in [1.807, 2.05) is 0 Å². The Balaban J connectivity index is 2.54. The molecule has 0 spiro atoms. The van der Waals surface area contributed by atoms with Crippen molar-refractivity contribution >= 4 is 61.7 Å². The van der Waals surface area contributed by atoms with Gasteiger partial charge in [0.25, 0.3) is 0 Å². The van der Waals surface area contributed by atoms with Crippen molar-refractivity contribution < 1.29 is 8.42 Å². The molecule has 0 bridgehead atoms. The van der Waals surface area contributed by atoms with Gasteiger partial charge in [-0.15, -0.1) is 0 Å². The normalized spacial score (nSPS) is 11.9. The molecule has 1 heterocycles. The van der Waals surface area contributed by atoms with E-state index < -0.39 is 10.0 Å². The van der Waals surface area contributed by atoms with E-state index in [4.69, 9.17) is 28.9 Å². The molecular weight excluding hydrogens is 319 g/mol. The van der Waals surface area contributed by atoms with Crippen LogP contribution in [0.4, 0.5) is 5.69 Å². The maximum atomic E-state index is 11.7. The molecule has 1 aromatic heterocycles. The van der Waals surface area contributed by atoms with Crippen LogP contribution >= 0.6 is 34.9 Å². The molecule has 3 N–H and O–H groups in total. The molecule has 0 fully saturated rings. The Kier molecular flexibility index (Phi) is 3.93. The third-order valence-corrected chi connectivity index (χ3v) is 4.49. The molecule has 2 aromatic rings. The van der Waals surface area contributed by atoms with Crippen LogP contribution in [-0.4, -0.2) is 29.5 Å². The highest BCUT2D eigenvalue weighted by molar-refractivity contribution is 7.92. The molecule has 0 aliphatic carbocycles. The van der Waals surface area contributed by atoms with E-state index in [1.54, 1.807) is 0 Å². The van der Waals surface area contributed by atoms with Gasteiger partial charge < -0.3 is 5.73 Å². The van der Waals surface area contributed by atoms with Crippen LogP contribution in [0.2, 0.25) is 10.0 Å². The van der Waals surface area contributed by atoms with Crippen LogP contribution in [0.5, 0.6) is 0 Å². The lowest BCUT2D eigenvalue weighted by atomic mass is 10.3. The minimum Gasteiger partial charge on any atom is -0.329 e. The zero-order valence-corrected chi connectivity index (χ0v) is 12.0. The number of rotatable bonds is 4. The summed E-state index contributed by atoms with van der Waals surface area (Å²) >= 11 is 12.8. The third-order valence-electron chi connectivity index (χ3n) is 2.09. The van der Waals surface area contributed by atoms with Crippen LogP contribution in [0, 0.1) is 0 Å². The number of hydrogen-bond donors (Lipinski definition) is 2. The number of sulfonamides is 1. The SMILES string of the molecule is NCCS(=O)(=O)Nc1c(Cl)cc(Cl)c2nsnc12. The van der Waals surface area contributed by atoms with E-state index in [-0.39, 0.29) is 23.0 Å². The maximum Gasteiger partial charge on any atom is 0.234 e. The Morgan fingerprint density at radius 3 is 2.61 bits per heavy atom. The first-order chi connectivity index (χ1) is 8.44. The average molecular weight is 327 g/mol. The lowest BCUT2D eigenvalue weighted by Gasteiger charge is -2.09. The van der Waals surface area contributed by atoms with Crippen molar-refractivity contribution in [1.29, 1.82) is 0 Å². The number of hydrogen-bond acceptors (Lipinski definition) is 6. The van der Waals surface area contributed by atoms with E-state index in [2.05, 4.69) is 13.5 Å². The second kappa shape index (κ2) is 5.14. The Labute approximate surface area is 117 Å². The minimum atomic E-state index is -3.56. The van der Waals surface area contributed by atoms with E-state index in [0.29, 0.717) is 16.1 Å². The smallest absolute Gasteiger partial charge is 0.234 e. The summed E-state index contributed by atoms with van der Waals surface area (Å²) in [5.74, 6) is -0.203. The monoisotopic (exact) mass is 326 g/mol. The summed E-state index contributed by atoms with van der Waals surface area (Å²) in [5, 5.41) is 0.492. The van der Waals surface area contributed by atoms with Gasteiger partial charge in [-0.1, -0.05) is 23.2 Å². The zero-order valence-electron chi connectivity index (χ0n) is 8.85. The molecule has 0 aliphatic heterocycles. The summed E-state index contributed by atoms with van der Waals surface area (Å²) in [6.45, 7) is 0.0129. The van der Waals surface area contributed by atoms with Crippen LogP contribution in [-0.2, 0) is 10.0 Å². The number of nitrogens with two attached hydrogens (primary N) is 1. The first kappa shape index (κ1) is 13.8. The Morgan fingerprint density at radius 1 is 1.28 bits per heavy atom. The van der Waals surface area contributed by atoms with Crippen LogP contribution in [0.15, 0.2) is 6.07 Å².